The predicted molar refractivity (Wildman–Crippen MR) is 66.5 cm³/mol. The van der Waals surface area contributed by atoms with E-state index in [0.717, 1.165) is 10.4 Å². The van der Waals surface area contributed by atoms with E-state index in [2.05, 4.69) is 38.8 Å². The number of rotatable bonds is 2. The second kappa shape index (κ2) is 4.10. The number of aromatic nitrogens is 4. The molecule has 0 spiro atoms. The maximum absolute atomic E-state index is 3.97. The monoisotopic (exact) mass is 241 g/mol. The Balaban J connectivity index is 2.08. The summed E-state index contributed by atoms with van der Waals surface area (Å²) >= 11 is 1.63. The molecule has 0 saturated carbocycles. The van der Waals surface area contributed by atoms with Gasteiger partial charge in [0.15, 0.2) is 0 Å². The molecule has 0 aliphatic heterocycles. The number of nitrogens with one attached hydrogen (secondary N) is 1. The Morgan fingerprint density at radius 2 is 2.06 bits per heavy atom. The molecule has 0 aliphatic rings. The van der Waals surface area contributed by atoms with E-state index in [0.29, 0.717) is 5.82 Å². The summed E-state index contributed by atoms with van der Waals surface area (Å²) in [6, 6.07) is 13.5. The zero-order valence-electron chi connectivity index (χ0n) is 9.14. The van der Waals surface area contributed by atoms with Crippen molar-refractivity contribution < 1.29 is 0 Å². The molecule has 1 aromatic carbocycles. The van der Waals surface area contributed by atoms with Crippen molar-refractivity contribution in [3.63, 3.8) is 0 Å². The number of hydrogen-bond donors (Lipinski definition) is 1. The lowest BCUT2D eigenvalue weighted by molar-refractivity contribution is 0.881. The van der Waals surface area contributed by atoms with Crippen LogP contribution in [-0.4, -0.2) is 20.6 Å². The van der Waals surface area contributed by atoms with Crippen molar-refractivity contribution in [1.29, 1.82) is 0 Å². The molecule has 17 heavy (non-hydrogen) atoms. The number of nitrogens with zero attached hydrogens (tertiary/aromatic N) is 3. The molecule has 0 fully saturated rings. The average Bonchev–Trinajstić information content (AvgIpc) is 2.99. The van der Waals surface area contributed by atoms with E-state index >= 15 is 0 Å². The van der Waals surface area contributed by atoms with Crippen LogP contribution < -0.4 is 0 Å². The lowest BCUT2D eigenvalue weighted by Gasteiger charge is -1.97. The topological polar surface area (TPSA) is 54.5 Å². The van der Waals surface area contributed by atoms with E-state index in [1.807, 2.05) is 25.1 Å². The number of benzene rings is 1. The maximum Gasteiger partial charge on any atom is 0.215 e. The number of aryl methyl sites for hydroxylation is 1. The Hall–Kier alpha value is -2.01. The largest absolute Gasteiger partial charge is 0.215 e. The average molecular weight is 241 g/mol. The van der Waals surface area contributed by atoms with Gasteiger partial charge in [-0.2, -0.15) is 5.21 Å². The lowest BCUT2D eigenvalue weighted by Crippen LogP contribution is -1.74. The zero-order valence-corrected chi connectivity index (χ0v) is 9.95. The van der Waals surface area contributed by atoms with Crippen LogP contribution in [0.25, 0.3) is 21.1 Å². The quantitative estimate of drug-likeness (QED) is 0.750. The van der Waals surface area contributed by atoms with Crippen molar-refractivity contribution in [1.82, 2.24) is 20.6 Å². The molecular weight excluding hydrogens is 232 g/mol. The van der Waals surface area contributed by atoms with Gasteiger partial charge in [0.1, 0.15) is 0 Å². The Labute approximate surface area is 102 Å². The van der Waals surface area contributed by atoms with Crippen LogP contribution in [0.3, 0.4) is 0 Å². The first-order valence-electron chi connectivity index (χ1n) is 5.16. The highest BCUT2D eigenvalue weighted by Gasteiger charge is 2.12. The highest BCUT2D eigenvalue weighted by atomic mass is 32.1. The van der Waals surface area contributed by atoms with Gasteiger partial charge < -0.3 is 0 Å². The summed E-state index contributed by atoms with van der Waals surface area (Å²) in [5.41, 5.74) is 2.31. The normalized spacial score (nSPS) is 10.6. The molecule has 5 heteroatoms. The molecule has 3 rings (SSSR count). The predicted octanol–water partition coefficient (Wildman–Crippen LogP) is 2.70. The molecule has 83 valence electrons. The van der Waals surface area contributed by atoms with Gasteiger partial charge in [0.2, 0.25) is 5.82 Å². The van der Waals surface area contributed by atoms with E-state index in [1.54, 1.807) is 11.3 Å². The van der Waals surface area contributed by atoms with Crippen molar-refractivity contribution >= 4 is 11.3 Å². The maximum atomic E-state index is 3.97. The van der Waals surface area contributed by atoms with Crippen LogP contribution in [0.5, 0.6) is 0 Å². The van der Waals surface area contributed by atoms with Crippen LogP contribution in [0.4, 0.5) is 0 Å². The van der Waals surface area contributed by atoms with Gasteiger partial charge in [0.25, 0.3) is 0 Å². The Bertz CT molecular complexity index is 613. The molecule has 2 aromatic heterocycles. The molecule has 0 amide bonds. The summed E-state index contributed by atoms with van der Waals surface area (Å²) < 4.78 is 0. The van der Waals surface area contributed by atoms with E-state index in [-0.39, 0.29) is 0 Å². The lowest BCUT2D eigenvalue weighted by atomic mass is 10.1. The number of thiophene rings is 1. The van der Waals surface area contributed by atoms with E-state index in [9.17, 15) is 0 Å². The van der Waals surface area contributed by atoms with Gasteiger partial charge in [-0.25, -0.2) is 0 Å². The van der Waals surface area contributed by atoms with Crippen LogP contribution in [0.2, 0.25) is 0 Å². The molecule has 0 aliphatic carbocycles. The van der Waals surface area contributed by atoms with E-state index in [1.165, 1.54) is 10.4 Å². The zero-order chi connectivity index (χ0) is 11.7. The van der Waals surface area contributed by atoms with Crippen LogP contribution in [0, 0.1) is 13.0 Å². The summed E-state index contributed by atoms with van der Waals surface area (Å²) in [6.45, 7) is 2.04. The molecular formula is C12H9N4S. The molecule has 1 radical (unpaired) electrons. The van der Waals surface area contributed by atoms with E-state index in [4.69, 9.17) is 0 Å². The highest BCUT2D eigenvalue weighted by molar-refractivity contribution is 7.18. The molecule has 0 unspecified atom stereocenters. The second-order valence-electron chi connectivity index (χ2n) is 3.61. The fourth-order valence-corrected chi connectivity index (χ4v) is 2.70. The molecule has 4 nitrogen and oxygen atoms in total. The summed E-state index contributed by atoms with van der Waals surface area (Å²) in [5, 5.41) is 13.9. The SMILES string of the molecule is Cc1[c]c(-c2nn[nH]n2)sc1-c1ccccc1. The third kappa shape index (κ3) is 1.85. The first kappa shape index (κ1) is 10.2. The standard InChI is InChI=1S/C12H9N4S/c1-8-7-10(12-13-15-16-14-12)17-11(8)9-5-3-2-4-6-9/h2-6H,1H3,(H,13,14,15,16). The van der Waals surface area contributed by atoms with Crippen molar-refractivity contribution in [2.24, 2.45) is 0 Å². The van der Waals surface area contributed by atoms with Crippen LogP contribution in [0.15, 0.2) is 30.3 Å². The number of hydrogen-bond acceptors (Lipinski definition) is 4. The van der Waals surface area contributed by atoms with Crippen LogP contribution >= 0.6 is 11.3 Å². The van der Waals surface area contributed by atoms with Gasteiger partial charge in [0, 0.05) is 10.9 Å². The van der Waals surface area contributed by atoms with Crippen LogP contribution in [-0.2, 0) is 0 Å². The van der Waals surface area contributed by atoms with Crippen molar-refractivity contribution in [3.8, 4) is 21.1 Å². The van der Waals surface area contributed by atoms with Crippen LogP contribution in [0.1, 0.15) is 5.56 Å². The first-order chi connectivity index (χ1) is 8.34. The minimum atomic E-state index is 0.597. The second-order valence-corrected chi connectivity index (χ2v) is 4.63. The molecule has 2 heterocycles. The van der Waals surface area contributed by atoms with Gasteiger partial charge in [-0.05, 0) is 23.3 Å². The van der Waals surface area contributed by atoms with Gasteiger partial charge in [-0.15, -0.1) is 21.5 Å². The van der Waals surface area contributed by atoms with Crippen molar-refractivity contribution in [2.75, 3.05) is 0 Å². The molecule has 0 bridgehead atoms. The van der Waals surface area contributed by atoms with Gasteiger partial charge in [-0.1, -0.05) is 30.3 Å². The minimum absolute atomic E-state index is 0.597. The Morgan fingerprint density at radius 3 is 2.76 bits per heavy atom. The molecule has 3 aromatic rings. The summed E-state index contributed by atoms with van der Waals surface area (Å²) in [5.74, 6) is 0.597. The Kier molecular flexibility index (Phi) is 2.45. The minimum Gasteiger partial charge on any atom is -0.177 e. The smallest absolute Gasteiger partial charge is 0.177 e. The van der Waals surface area contributed by atoms with Gasteiger partial charge in [-0.3, -0.25) is 0 Å². The first-order valence-corrected chi connectivity index (χ1v) is 5.98. The molecule has 0 atom stereocenters. The summed E-state index contributed by atoms with van der Waals surface area (Å²) in [7, 11) is 0. The molecule has 1 N–H and O–H groups in total. The fourth-order valence-electron chi connectivity index (χ4n) is 1.66. The van der Waals surface area contributed by atoms with Gasteiger partial charge >= 0.3 is 0 Å². The number of tetrazole rings is 1. The fraction of sp³-hybridized carbons (Fsp3) is 0.0833. The summed E-state index contributed by atoms with van der Waals surface area (Å²) in [4.78, 5) is 2.11. The van der Waals surface area contributed by atoms with Crippen molar-refractivity contribution in [3.05, 3.63) is 42.0 Å². The highest BCUT2D eigenvalue weighted by Crippen LogP contribution is 2.35. The number of H-pyrrole nitrogens is 1. The van der Waals surface area contributed by atoms with Gasteiger partial charge in [0.05, 0.1) is 4.88 Å². The third-order valence-electron chi connectivity index (χ3n) is 2.43. The number of aromatic amines is 1. The van der Waals surface area contributed by atoms with E-state index < -0.39 is 0 Å². The molecule has 0 saturated heterocycles. The van der Waals surface area contributed by atoms with Crippen molar-refractivity contribution in [2.45, 2.75) is 6.92 Å². The third-order valence-corrected chi connectivity index (χ3v) is 3.66. The summed E-state index contributed by atoms with van der Waals surface area (Å²) in [6.07, 6.45) is 0. The Morgan fingerprint density at radius 1 is 1.24 bits per heavy atom.